The van der Waals surface area contributed by atoms with Gasteiger partial charge in [-0.15, -0.1) is 0 Å². The number of benzene rings is 1. The second kappa shape index (κ2) is 7.58. The lowest BCUT2D eigenvalue weighted by molar-refractivity contribution is -0.383. The van der Waals surface area contributed by atoms with E-state index in [1.54, 1.807) is 12.1 Å². The standard InChI is InChI=1S/C16H22N6O2/c1-3-5-8-19-12-9-10(6-7-13(12)22(23)24)14-11(4-2)20-16(18)21-15(14)17/h6-7,9,19H,3-5,8H2,1-2H3,(H4,17,18,20,21). The first-order valence-electron chi connectivity index (χ1n) is 7.92. The highest BCUT2D eigenvalue weighted by Gasteiger charge is 2.18. The highest BCUT2D eigenvalue weighted by molar-refractivity contribution is 5.81. The van der Waals surface area contributed by atoms with Gasteiger partial charge in [0.05, 0.1) is 10.6 Å². The number of hydrogen-bond acceptors (Lipinski definition) is 7. The fourth-order valence-electron chi connectivity index (χ4n) is 2.51. The number of anilines is 3. The van der Waals surface area contributed by atoms with Gasteiger partial charge in [0.15, 0.2) is 0 Å². The lowest BCUT2D eigenvalue weighted by Gasteiger charge is -2.13. The summed E-state index contributed by atoms with van der Waals surface area (Å²) < 4.78 is 0. The second-order valence-corrected chi connectivity index (χ2v) is 5.41. The molecule has 2 aromatic rings. The van der Waals surface area contributed by atoms with E-state index >= 15 is 0 Å². The quantitative estimate of drug-likeness (QED) is 0.403. The van der Waals surface area contributed by atoms with Crippen molar-refractivity contribution in [3.63, 3.8) is 0 Å². The molecule has 1 heterocycles. The van der Waals surface area contributed by atoms with Crippen LogP contribution in [0.1, 0.15) is 32.4 Å². The van der Waals surface area contributed by atoms with Crippen LogP contribution in [0.25, 0.3) is 11.1 Å². The number of nitro benzene ring substituents is 1. The van der Waals surface area contributed by atoms with Gasteiger partial charge in [0.25, 0.3) is 5.69 Å². The molecule has 0 atom stereocenters. The van der Waals surface area contributed by atoms with Crippen LogP contribution in [0.5, 0.6) is 0 Å². The zero-order chi connectivity index (χ0) is 17.7. The largest absolute Gasteiger partial charge is 0.383 e. The van der Waals surface area contributed by atoms with E-state index in [4.69, 9.17) is 11.5 Å². The number of unbranched alkanes of at least 4 members (excludes halogenated alkanes) is 1. The van der Waals surface area contributed by atoms with E-state index in [0.29, 0.717) is 29.9 Å². The molecule has 2 rings (SSSR count). The molecule has 0 radical (unpaired) electrons. The Labute approximate surface area is 140 Å². The predicted octanol–water partition coefficient (Wildman–Crippen LogP) is 2.99. The minimum absolute atomic E-state index is 0.0304. The molecule has 128 valence electrons. The molecular weight excluding hydrogens is 308 g/mol. The van der Waals surface area contributed by atoms with Crippen LogP contribution in [0.3, 0.4) is 0 Å². The molecule has 0 amide bonds. The molecular formula is C16H22N6O2. The molecule has 0 spiro atoms. The number of nitrogens with zero attached hydrogens (tertiary/aromatic N) is 3. The summed E-state index contributed by atoms with van der Waals surface area (Å²) in [6.45, 7) is 4.66. The summed E-state index contributed by atoms with van der Waals surface area (Å²) in [4.78, 5) is 19.1. The van der Waals surface area contributed by atoms with Gasteiger partial charge in [-0.05, 0) is 30.5 Å². The maximum Gasteiger partial charge on any atom is 0.292 e. The van der Waals surface area contributed by atoms with E-state index in [9.17, 15) is 10.1 Å². The van der Waals surface area contributed by atoms with E-state index in [1.807, 2.05) is 6.92 Å². The van der Waals surface area contributed by atoms with Crippen molar-refractivity contribution in [2.75, 3.05) is 23.3 Å². The molecule has 0 aliphatic heterocycles. The van der Waals surface area contributed by atoms with Crippen molar-refractivity contribution >= 4 is 23.1 Å². The average Bonchev–Trinajstić information content (AvgIpc) is 2.54. The van der Waals surface area contributed by atoms with E-state index < -0.39 is 4.92 Å². The van der Waals surface area contributed by atoms with E-state index in [0.717, 1.165) is 18.4 Å². The molecule has 0 bridgehead atoms. The van der Waals surface area contributed by atoms with Crippen LogP contribution < -0.4 is 16.8 Å². The molecule has 0 fully saturated rings. The molecule has 0 aliphatic rings. The molecule has 8 nitrogen and oxygen atoms in total. The maximum absolute atomic E-state index is 11.2. The fourth-order valence-corrected chi connectivity index (χ4v) is 2.51. The van der Waals surface area contributed by atoms with Gasteiger partial charge in [0.1, 0.15) is 11.5 Å². The van der Waals surface area contributed by atoms with Crippen LogP contribution in [0.4, 0.5) is 23.1 Å². The van der Waals surface area contributed by atoms with Crippen molar-refractivity contribution in [1.82, 2.24) is 9.97 Å². The van der Waals surface area contributed by atoms with Crippen molar-refractivity contribution < 1.29 is 4.92 Å². The Morgan fingerprint density at radius 2 is 2.00 bits per heavy atom. The van der Waals surface area contributed by atoms with Crippen molar-refractivity contribution in [3.05, 3.63) is 34.0 Å². The Hall–Kier alpha value is -2.90. The highest BCUT2D eigenvalue weighted by Crippen LogP contribution is 2.34. The van der Waals surface area contributed by atoms with Crippen LogP contribution >= 0.6 is 0 Å². The van der Waals surface area contributed by atoms with E-state index in [-0.39, 0.29) is 17.5 Å². The van der Waals surface area contributed by atoms with Crippen LogP contribution in [-0.4, -0.2) is 21.4 Å². The van der Waals surface area contributed by atoms with Crippen molar-refractivity contribution in [2.24, 2.45) is 0 Å². The SMILES string of the molecule is CCCCNc1cc(-c2c(N)nc(N)nc2CC)ccc1[N+](=O)[O-]. The van der Waals surface area contributed by atoms with Gasteiger partial charge >= 0.3 is 0 Å². The monoisotopic (exact) mass is 330 g/mol. The summed E-state index contributed by atoms with van der Waals surface area (Å²) in [5, 5.41) is 14.4. The van der Waals surface area contributed by atoms with Gasteiger partial charge in [0, 0.05) is 18.2 Å². The summed E-state index contributed by atoms with van der Waals surface area (Å²) in [7, 11) is 0. The van der Waals surface area contributed by atoms with Gasteiger partial charge in [-0.1, -0.05) is 20.3 Å². The number of hydrogen-bond donors (Lipinski definition) is 3. The summed E-state index contributed by atoms with van der Waals surface area (Å²) in [6, 6.07) is 4.85. The first-order chi connectivity index (χ1) is 11.5. The zero-order valence-electron chi connectivity index (χ0n) is 13.9. The number of nitro groups is 1. The molecule has 1 aromatic carbocycles. The highest BCUT2D eigenvalue weighted by atomic mass is 16.6. The van der Waals surface area contributed by atoms with Crippen LogP contribution in [0.2, 0.25) is 0 Å². The third kappa shape index (κ3) is 3.70. The number of nitrogens with one attached hydrogen (secondary N) is 1. The van der Waals surface area contributed by atoms with Crippen LogP contribution in [0, 0.1) is 10.1 Å². The number of rotatable bonds is 7. The average molecular weight is 330 g/mol. The summed E-state index contributed by atoms with van der Waals surface area (Å²) in [6.07, 6.45) is 2.55. The second-order valence-electron chi connectivity index (χ2n) is 5.41. The maximum atomic E-state index is 11.2. The molecule has 0 unspecified atom stereocenters. The zero-order valence-corrected chi connectivity index (χ0v) is 13.9. The van der Waals surface area contributed by atoms with Crippen LogP contribution in [0.15, 0.2) is 18.2 Å². The molecule has 0 saturated heterocycles. The number of nitrogens with two attached hydrogens (primary N) is 2. The molecule has 0 saturated carbocycles. The lowest BCUT2D eigenvalue weighted by Crippen LogP contribution is -2.07. The van der Waals surface area contributed by atoms with Gasteiger partial charge in [-0.3, -0.25) is 10.1 Å². The number of aryl methyl sites for hydroxylation is 1. The molecule has 1 aromatic heterocycles. The Bertz CT molecular complexity index is 748. The Kier molecular flexibility index (Phi) is 5.51. The van der Waals surface area contributed by atoms with Crippen molar-refractivity contribution in [1.29, 1.82) is 0 Å². The molecule has 24 heavy (non-hydrogen) atoms. The number of nitrogen functional groups attached to an aromatic ring is 2. The summed E-state index contributed by atoms with van der Waals surface area (Å²) in [5.41, 5.74) is 14.3. The molecule has 0 aliphatic carbocycles. The Morgan fingerprint density at radius 3 is 2.62 bits per heavy atom. The third-order valence-electron chi connectivity index (χ3n) is 3.69. The summed E-state index contributed by atoms with van der Waals surface area (Å²) in [5.74, 6) is 0.393. The minimum atomic E-state index is -0.401. The van der Waals surface area contributed by atoms with Gasteiger partial charge < -0.3 is 16.8 Å². The fraction of sp³-hybridized carbons (Fsp3) is 0.375. The lowest BCUT2D eigenvalue weighted by atomic mass is 10.0. The van der Waals surface area contributed by atoms with Gasteiger partial charge in [-0.25, -0.2) is 4.98 Å². The summed E-state index contributed by atoms with van der Waals surface area (Å²) >= 11 is 0. The Morgan fingerprint density at radius 1 is 1.25 bits per heavy atom. The van der Waals surface area contributed by atoms with E-state index in [1.165, 1.54) is 6.07 Å². The first kappa shape index (κ1) is 17.5. The number of aromatic nitrogens is 2. The van der Waals surface area contributed by atoms with E-state index in [2.05, 4.69) is 22.2 Å². The minimum Gasteiger partial charge on any atom is -0.383 e. The smallest absolute Gasteiger partial charge is 0.292 e. The molecule has 8 heteroatoms. The Balaban J connectivity index is 2.52. The van der Waals surface area contributed by atoms with Gasteiger partial charge in [-0.2, -0.15) is 4.98 Å². The topological polar surface area (TPSA) is 133 Å². The van der Waals surface area contributed by atoms with Crippen LogP contribution in [-0.2, 0) is 6.42 Å². The normalized spacial score (nSPS) is 10.6. The van der Waals surface area contributed by atoms with Gasteiger partial charge in [0.2, 0.25) is 5.95 Å². The molecule has 5 N–H and O–H groups in total. The third-order valence-corrected chi connectivity index (χ3v) is 3.69. The first-order valence-corrected chi connectivity index (χ1v) is 7.92. The van der Waals surface area contributed by atoms with Crippen molar-refractivity contribution in [2.45, 2.75) is 33.1 Å². The van der Waals surface area contributed by atoms with Crippen molar-refractivity contribution in [3.8, 4) is 11.1 Å². The predicted molar refractivity (Wildman–Crippen MR) is 95.7 cm³/mol.